The van der Waals surface area contributed by atoms with Crippen LogP contribution >= 0.6 is 0 Å². The molecule has 2 aromatic rings. The van der Waals surface area contributed by atoms with E-state index in [1.165, 1.54) is 11.3 Å². The molecule has 0 radical (unpaired) electrons. The Labute approximate surface area is 126 Å². The fraction of sp³-hybridized carbons (Fsp3) is 0.333. The molecule has 0 fully saturated rings. The van der Waals surface area contributed by atoms with Crippen LogP contribution in [0.1, 0.15) is 25.5 Å². The van der Waals surface area contributed by atoms with Gasteiger partial charge in [0.1, 0.15) is 11.4 Å². The van der Waals surface area contributed by atoms with Crippen molar-refractivity contribution in [2.75, 3.05) is 24.3 Å². The maximum Gasteiger partial charge on any atom is 0.128 e. The molecule has 3 rings (SSSR count). The van der Waals surface area contributed by atoms with Crippen molar-refractivity contribution in [2.24, 2.45) is 0 Å². The second kappa shape index (κ2) is 4.99. The van der Waals surface area contributed by atoms with Gasteiger partial charge >= 0.3 is 0 Å². The van der Waals surface area contributed by atoms with Crippen LogP contribution in [0.2, 0.25) is 0 Å². The van der Waals surface area contributed by atoms with Crippen LogP contribution < -0.4 is 15.0 Å². The fourth-order valence-electron chi connectivity index (χ4n) is 2.80. The number of para-hydroxylation sites is 1. The number of benzene rings is 2. The Hall–Kier alpha value is -2.16. The molecule has 1 unspecified atom stereocenters. The lowest BCUT2D eigenvalue weighted by Crippen LogP contribution is -2.34. The minimum atomic E-state index is -0.260. The minimum absolute atomic E-state index is 0.152. The van der Waals surface area contributed by atoms with Gasteiger partial charge in [-0.25, -0.2) is 0 Å². The van der Waals surface area contributed by atoms with Crippen molar-refractivity contribution in [1.82, 2.24) is 0 Å². The molecule has 3 heteroatoms. The van der Waals surface area contributed by atoms with Crippen molar-refractivity contribution in [3.63, 3.8) is 0 Å². The second-order valence-corrected chi connectivity index (χ2v) is 6.26. The van der Waals surface area contributed by atoms with Crippen LogP contribution in [-0.2, 0) is 0 Å². The molecule has 1 atom stereocenters. The molecule has 0 saturated heterocycles. The second-order valence-electron chi connectivity index (χ2n) is 6.26. The van der Waals surface area contributed by atoms with Gasteiger partial charge in [-0.1, -0.05) is 18.2 Å². The van der Waals surface area contributed by atoms with Gasteiger partial charge in [0, 0.05) is 31.0 Å². The lowest BCUT2D eigenvalue weighted by Gasteiger charge is -2.28. The molecular formula is C18H22N2O. The third-order valence-electron chi connectivity index (χ3n) is 3.99. The first-order chi connectivity index (χ1) is 9.97. The third-order valence-corrected chi connectivity index (χ3v) is 3.99. The van der Waals surface area contributed by atoms with Crippen LogP contribution in [0.25, 0.3) is 0 Å². The van der Waals surface area contributed by atoms with Crippen LogP contribution in [0.3, 0.4) is 0 Å². The number of hydrogen-bond acceptors (Lipinski definition) is 3. The molecule has 1 aliphatic heterocycles. The Balaban J connectivity index is 1.86. The summed E-state index contributed by atoms with van der Waals surface area (Å²) in [5.74, 6) is 0.977. The van der Waals surface area contributed by atoms with Crippen molar-refractivity contribution < 1.29 is 4.74 Å². The van der Waals surface area contributed by atoms with E-state index in [-0.39, 0.29) is 11.6 Å². The monoisotopic (exact) mass is 282 g/mol. The highest BCUT2D eigenvalue weighted by atomic mass is 16.5. The van der Waals surface area contributed by atoms with E-state index >= 15 is 0 Å². The third kappa shape index (κ3) is 2.56. The topological polar surface area (TPSA) is 24.5 Å². The zero-order chi connectivity index (χ0) is 15.0. The standard InChI is InChI=1S/C18H22N2O/c1-18(2)17(15-7-5-6-8-16(15)21-18)19-13-9-11-14(12-10-13)20(3)4/h5-12,17,19H,1-4H3. The summed E-state index contributed by atoms with van der Waals surface area (Å²) in [5.41, 5.74) is 3.27. The van der Waals surface area contributed by atoms with E-state index in [9.17, 15) is 0 Å². The van der Waals surface area contributed by atoms with Crippen LogP contribution in [0.15, 0.2) is 48.5 Å². The molecule has 0 aromatic heterocycles. The summed E-state index contributed by atoms with van der Waals surface area (Å²) < 4.78 is 6.07. The Morgan fingerprint density at radius 1 is 1.00 bits per heavy atom. The van der Waals surface area contributed by atoms with Crippen molar-refractivity contribution in [1.29, 1.82) is 0 Å². The molecular weight excluding hydrogens is 260 g/mol. The van der Waals surface area contributed by atoms with Crippen molar-refractivity contribution >= 4 is 11.4 Å². The van der Waals surface area contributed by atoms with Gasteiger partial charge in [-0.15, -0.1) is 0 Å². The highest BCUT2D eigenvalue weighted by molar-refractivity contribution is 5.57. The highest BCUT2D eigenvalue weighted by Gasteiger charge is 2.40. The summed E-state index contributed by atoms with van der Waals surface area (Å²) in [6.07, 6.45) is 0. The zero-order valence-corrected chi connectivity index (χ0v) is 13.1. The SMILES string of the molecule is CN(C)c1ccc(NC2c3ccccc3OC2(C)C)cc1. The number of hydrogen-bond donors (Lipinski definition) is 1. The number of ether oxygens (including phenoxy) is 1. The summed E-state index contributed by atoms with van der Waals surface area (Å²) in [5, 5.41) is 3.61. The van der Waals surface area contributed by atoms with E-state index in [1.807, 2.05) is 26.2 Å². The minimum Gasteiger partial charge on any atom is -0.485 e. The molecule has 0 amide bonds. The molecule has 1 aliphatic rings. The predicted molar refractivity (Wildman–Crippen MR) is 88.3 cm³/mol. The van der Waals surface area contributed by atoms with E-state index in [4.69, 9.17) is 4.74 Å². The molecule has 2 aromatic carbocycles. The van der Waals surface area contributed by atoms with Crippen LogP contribution in [0.5, 0.6) is 5.75 Å². The lowest BCUT2D eigenvalue weighted by molar-refractivity contribution is 0.118. The quantitative estimate of drug-likeness (QED) is 0.918. The summed E-state index contributed by atoms with van der Waals surface area (Å²) in [4.78, 5) is 2.10. The van der Waals surface area contributed by atoms with Gasteiger partial charge in [-0.3, -0.25) is 0 Å². The first-order valence-corrected chi connectivity index (χ1v) is 7.29. The van der Waals surface area contributed by atoms with Crippen molar-refractivity contribution in [3.05, 3.63) is 54.1 Å². The molecule has 0 aliphatic carbocycles. The van der Waals surface area contributed by atoms with Gasteiger partial charge in [-0.2, -0.15) is 0 Å². The number of nitrogens with one attached hydrogen (secondary N) is 1. The molecule has 0 bridgehead atoms. The zero-order valence-electron chi connectivity index (χ0n) is 13.1. The lowest BCUT2D eigenvalue weighted by atomic mass is 9.94. The largest absolute Gasteiger partial charge is 0.485 e. The summed E-state index contributed by atoms with van der Waals surface area (Å²) >= 11 is 0. The summed E-state index contributed by atoms with van der Waals surface area (Å²) in [7, 11) is 4.10. The number of anilines is 2. The average molecular weight is 282 g/mol. The molecule has 1 N–H and O–H groups in total. The van der Waals surface area contributed by atoms with E-state index < -0.39 is 0 Å². The molecule has 21 heavy (non-hydrogen) atoms. The maximum absolute atomic E-state index is 6.07. The van der Waals surface area contributed by atoms with E-state index in [1.54, 1.807) is 0 Å². The maximum atomic E-state index is 6.07. The Bertz CT molecular complexity index is 632. The number of fused-ring (bicyclic) bond motifs is 1. The van der Waals surface area contributed by atoms with Crippen molar-refractivity contribution in [2.45, 2.75) is 25.5 Å². The smallest absolute Gasteiger partial charge is 0.128 e. The highest BCUT2D eigenvalue weighted by Crippen LogP contribution is 2.44. The average Bonchev–Trinajstić information content (AvgIpc) is 2.70. The van der Waals surface area contributed by atoms with Crippen molar-refractivity contribution in [3.8, 4) is 5.75 Å². The van der Waals surface area contributed by atoms with Gasteiger partial charge in [-0.05, 0) is 44.2 Å². The summed E-state index contributed by atoms with van der Waals surface area (Å²) in [6.45, 7) is 4.25. The molecule has 0 spiro atoms. The van der Waals surface area contributed by atoms with E-state index in [0.29, 0.717) is 0 Å². The Morgan fingerprint density at radius 2 is 1.67 bits per heavy atom. The van der Waals surface area contributed by atoms with Gasteiger partial charge in [0.2, 0.25) is 0 Å². The molecule has 0 saturated carbocycles. The van der Waals surface area contributed by atoms with Crippen LogP contribution in [0.4, 0.5) is 11.4 Å². The first-order valence-electron chi connectivity index (χ1n) is 7.29. The fourth-order valence-corrected chi connectivity index (χ4v) is 2.80. The Kier molecular flexibility index (Phi) is 3.28. The first kappa shape index (κ1) is 13.8. The predicted octanol–water partition coefficient (Wildman–Crippen LogP) is 4.08. The van der Waals surface area contributed by atoms with Crippen LogP contribution in [-0.4, -0.2) is 19.7 Å². The number of rotatable bonds is 3. The van der Waals surface area contributed by atoms with Gasteiger partial charge in [0.15, 0.2) is 0 Å². The molecule has 3 nitrogen and oxygen atoms in total. The van der Waals surface area contributed by atoms with Gasteiger partial charge < -0.3 is 15.0 Å². The Morgan fingerprint density at radius 3 is 2.33 bits per heavy atom. The molecule has 110 valence electrons. The van der Waals surface area contributed by atoms with E-state index in [2.05, 4.69) is 60.5 Å². The van der Waals surface area contributed by atoms with E-state index in [0.717, 1.165) is 11.4 Å². The summed E-state index contributed by atoms with van der Waals surface area (Å²) in [6, 6.07) is 16.9. The van der Waals surface area contributed by atoms with Gasteiger partial charge in [0.05, 0.1) is 6.04 Å². The number of nitrogens with zero attached hydrogens (tertiary/aromatic N) is 1. The normalized spacial score (nSPS) is 18.8. The van der Waals surface area contributed by atoms with Gasteiger partial charge in [0.25, 0.3) is 0 Å². The molecule has 1 heterocycles. The van der Waals surface area contributed by atoms with Crippen LogP contribution in [0, 0.1) is 0 Å².